The Balaban J connectivity index is 1.88. The van der Waals surface area contributed by atoms with Gasteiger partial charge in [-0.25, -0.2) is 0 Å². The molecule has 1 aliphatic rings. The van der Waals surface area contributed by atoms with Gasteiger partial charge in [0.05, 0.1) is 11.3 Å². The van der Waals surface area contributed by atoms with Crippen molar-refractivity contribution in [3.63, 3.8) is 0 Å². The number of benzene rings is 1. The lowest BCUT2D eigenvalue weighted by Crippen LogP contribution is -2.27. The first-order valence-electron chi connectivity index (χ1n) is 6.64. The van der Waals surface area contributed by atoms with E-state index in [4.69, 9.17) is 10.6 Å². The van der Waals surface area contributed by atoms with Gasteiger partial charge in [0, 0.05) is 19.8 Å². The van der Waals surface area contributed by atoms with Crippen molar-refractivity contribution in [3.8, 4) is 0 Å². The van der Waals surface area contributed by atoms with Crippen LogP contribution < -0.4 is 16.6 Å². The molecule has 4 N–H and O–H groups in total. The Morgan fingerprint density at radius 2 is 2.37 bits per heavy atom. The molecule has 5 heteroatoms. The number of hydrogen-bond donors (Lipinski definition) is 3. The van der Waals surface area contributed by atoms with E-state index in [9.17, 15) is 4.79 Å². The number of anilines is 1. The van der Waals surface area contributed by atoms with Crippen LogP contribution in [0, 0.1) is 12.8 Å². The van der Waals surface area contributed by atoms with Crippen LogP contribution in [0.2, 0.25) is 0 Å². The maximum Gasteiger partial charge on any atom is 0.253 e. The summed E-state index contributed by atoms with van der Waals surface area (Å²) in [7, 11) is 0. The van der Waals surface area contributed by atoms with Crippen LogP contribution in [0.1, 0.15) is 28.8 Å². The van der Waals surface area contributed by atoms with E-state index in [1.54, 1.807) is 6.07 Å². The van der Waals surface area contributed by atoms with Gasteiger partial charge < -0.3 is 15.5 Å². The zero-order chi connectivity index (χ0) is 13.7. The van der Waals surface area contributed by atoms with Crippen molar-refractivity contribution in [2.24, 2.45) is 11.8 Å². The maximum absolute atomic E-state index is 12.1. The number of carbonyl (C=O) groups excluding carboxylic acids is 1. The summed E-state index contributed by atoms with van der Waals surface area (Å²) >= 11 is 0. The Labute approximate surface area is 113 Å². The number of nitrogens with one attached hydrogen (secondary N) is 2. The van der Waals surface area contributed by atoms with Gasteiger partial charge in [0.25, 0.3) is 5.91 Å². The van der Waals surface area contributed by atoms with Gasteiger partial charge in [0.15, 0.2) is 0 Å². The van der Waals surface area contributed by atoms with E-state index in [-0.39, 0.29) is 5.91 Å². The third-order valence-electron chi connectivity index (χ3n) is 3.44. The lowest BCUT2D eigenvalue weighted by molar-refractivity contribution is 0.0951. The predicted octanol–water partition coefficient (Wildman–Crippen LogP) is 1.44. The fourth-order valence-electron chi connectivity index (χ4n) is 2.27. The number of carbonyl (C=O) groups is 1. The van der Waals surface area contributed by atoms with Gasteiger partial charge in [0.1, 0.15) is 0 Å². The molecule has 0 bridgehead atoms. The first-order chi connectivity index (χ1) is 9.20. The molecule has 1 aliphatic heterocycles. The van der Waals surface area contributed by atoms with Crippen molar-refractivity contribution in [2.75, 3.05) is 25.2 Å². The number of nitrogens with two attached hydrogens (primary N) is 1. The molecule has 1 aromatic carbocycles. The number of hydrazine groups is 1. The van der Waals surface area contributed by atoms with E-state index in [2.05, 4.69) is 10.7 Å². The minimum atomic E-state index is -0.0909. The van der Waals surface area contributed by atoms with Crippen molar-refractivity contribution in [1.82, 2.24) is 5.32 Å². The fraction of sp³-hybridized carbons (Fsp3) is 0.500. The molecule has 0 saturated carbocycles. The minimum absolute atomic E-state index is 0.0909. The van der Waals surface area contributed by atoms with Gasteiger partial charge in [-0.15, -0.1) is 0 Å². The molecule has 19 heavy (non-hydrogen) atoms. The highest BCUT2D eigenvalue weighted by Gasteiger charge is 2.16. The smallest absolute Gasteiger partial charge is 0.253 e. The normalized spacial score (nSPS) is 18.3. The summed E-state index contributed by atoms with van der Waals surface area (Å²) in [5, 5.41) is 2.93. The summed E-state index contributed by atoms with van der Waals surface area (Å²) < 4.78 is 5.31. The first-order valence-corrected chi connectivity index (χ1v) is 6.64. The Morgan fingerprint density at radius 3 is 3.05 bits per heavy atom. The molecular formula is C14H21N3O2. The highest BCUT2D eigenvalue weighted by Crippen LogP contribution is 2.17. The predicted molar refractivity (Wildman–Crippen MR) is 74.9 cm³/mol. The highest BCUT2D eigenvalue weighted by molar-refractivity contribution is 5.99. The van der Waals surface area contributed by atoms with E-state index in [1.165, 1.54) is 0 Å². The van der Waals surface area contributed by atoms with E-state index in [0.29, 0.717) is 23.7 Å². The second-order valence-electron chi connectivity index (χ2n) is 4.97. The average molecular weight is 263 g/mol. The molecule has 0 spiro atoms. The lowest BCUT2D eigenvalue weighted by atomic mass is 10.1. The summed E-state index contributed by atoms with van der Waals surface area (Å²) in [4.78, 5) is 12.1. The van der Waals surface area contributed by atoms with Gasteiger partial charge in [-0.3, -0.25) is 10.6 Å². The Hall–Kier alpha value is -1.59. The van der Waals surface area contributed by atoms with E-state index < -0.39 is 0 Å². The summed E-state index contributed by atoms with van der Waals surface area (Å²) in [5.41, 5.74) is 4.86. The van der Waals surface area contributed by atoms with Crippen LogP contribution in [-0.2, 0) is 4.74 Å². The van der Waals surface area contributed by atoms with Gasteiger partial charge in [0.2, 0.25) is 0 Å². The summed E-state index contributed by atoms with van der Waals surface area (Å²) in [6, 6.07) is 5.55. The highest BCUT2D eigenvalue weighted by atomic mass is 16.5. The van der Waals surface area contributed by atoms with Crippen LogP contribution in [0.25, 0.3) is 0 Å². The molecule has 1 atom stereocenters. The van der Waals surface area contributed by atoms with Gasteiger partial charge >= 0.3 is 0 Å². The number of aryl methyl sites for hydroxylation is 1. The standard InChI is InChI=1S/C14H21N3O2/c1-10-2-3-12(13(8-10)17-15)14(18)16-6-4-11-5-7-19-9-11/h2-3,8,11,17H,4-7,9,15H2,1H3,(H,16,18). The van der Waals surface area contributed by atoms with Gasteiger partial charge in [-0.2, -0.15) is 0 Å². The molecule has 1 saturated heterocycles. The van der Waals surface area contributed by atoms with Crippen LogP contribution in [0.5, 0.6) is 0 Å². The molecule has 0 aliphatic carbocycles. The third kappa shape index (κ3) is 3.68. The van der Waals surface area contributed by atoms with Crippen LogP contribution in [0.3, 0.4) is 0 Å². The van der Waals surface area contributed by atoms with E-state index >= 15 is 0 Å². The zero-order valence-corrected chi connectivity index (χ0v) is 11.2. The zero-order valence-electron chi connectivity index (χ0n) is 11.2. The topological polar surface area (TPSA) is 76.4 Å². The third-order valence-corrected chi connectivity index (χ3v) is 3.44. The molecule has 1 amide bonds. The van der Waals surface area contributed by atoms with Gasteiger partial charge in [-0.1, -0.05) is 6.07 Å². The molecule has 0 aromatic heterocycles. The molecule has 104 valence electrons. The van der Waals surface area contributed by atoms with Crippen LogP contribution >= 0.6 is 0 Å². The molecule has 1 unspecified atom stereocenters. The maximum atomic E-state index is 12.1. The second-order valence-corrected chi connectivity index (χ2v) is 4.97. The Bertz CT molecular complexity index is 442. The monoisotopic (exact) mass is 263 g/mol. The van der Waals surface area contributed by atoms with Gasteiger partial charge in [-0.05, 0) is 43.4 Å². The fourth-order valence-corrected chi connectivity index (χ4v) is 2.27. The molecular weight excluding hydrogens is 242 g/mol. The first kappa shape index (κ1) is 13.8. The molecule has 1 aromatic rings. The quantitative estimate of drug-likeness (QED) is 0.555. The molecule has 2 rings (SSSR count). The Morgan fingerprint density at radius 1 is 1.53 bits per heavy atom. The van der Waals surface area contributed by atoms with Crippen molar-refractivity contribution < 1.29 is 9.53 Å². The average Bonchev–Trinajstić information content (AvgIpc) is 2.91. The van der Waals surface area contributed by atoms with Crippen molar-refractivity contribution >= 4 is 11.6 Å². The number of nitrogen functional groups attached to an aromatic ring is 1. The number of rotatable bonds is 5. The summed E-state index contributed by atoms with van der Waals surface area (Å²) in [6.07, 6.45) is 2.05. The van der Waals surface area contributed by atoms with E-state index in [1.807, 2.05) is 19.1 Å². The molecule has 5 nitrogen and oxygen atoms in total. The number of amides is 1. The number of hydrogen-bond acceptors (Lipinski definition) is 4. The van der Waals surface area contributed by atoms with Crippen molar-refractivity contribution in [2.45, 2.75) is 19.8 Å². The van der Waals surface area contributed by atoms with Crippen LogP contribution in [0.4, 0.5) is 5.69 Å². The SMILES string of the molecule is Cc1ccc(C(=O)NCCC2CCOC2)c(NN)c1. The molecule has 1 fully saturated rings. The minimum Gasteiger partial charge on any atom is -0.381 e. The summed E-state index contributed by atoms with van der Waals surface area (Å²) in [6.45, 7) is 4.29. The lowest BCUT2D eigenvalue weighted by Gasteiger charge is -2.12. The summed E-state index contributed by atoms with van der Waals surface area (Å²) in [5.74, 6) is 5.92. The van der Waals surface area contributed by atoms with Crippen molar-refractivity contribution in [3.05, 3.63) is 29.3 Å². The van der Waals surface area contributed by atoms with Crippen LogP contribution in [-0.4, -0.2) is 25.7 Å². The largest absolute Gasteiger partial charge is 0.381 e. The van der Waals surface area contributed by atoms with Crippen molar-refractivity contribution in [1.29, 1.82) is 0 Å². The second kappa shape index (κ2) is 6.54. The van der Waals surface area contributed by atoms with Crippen LogP contribution in [0.15, 0.2) is 18.2 Å². The number of ether oxygens (including phenoxy) is 1. The molecule has 1 heterocycles. The Kier molecular flexibility index (Phi) is 4.76. The molecule has 0 radical (unpaired) electrons. The van der Waals surface area contributed by atoms with E-state index in [0.717, 1.165) is 31.6 Å².